The average molecular weight is 676 g/mol. The number of carbonyl (C=O) groups excluding carboxylic acids is 1. The minimum Gasteiger partial charge on any atom is -0.493 e. The lowest BCUT2D eigenvalue weighted by atomic mass is 10.0. The Bertz CT molecular complexity index is 1770. The molecule has 1 aliphatic rings. The van der Waals surface area contributed by atoms with Crippen LogP contribution in [0, 0.1) is 5.92 Å². The molecule has 0 atom stereocenters. The number of carboxylic acids is 1. The lowest BCUT2D eigenvalue weighted by Gasteiger charge is -2.22. The van der Waals surface area contributed by atoms with E-state index in [2.05, 4.69) is 20.3 Å². The smallest absolute Gasteiger partial charge is 0.335 e. The number of aromatic nitrogens is 3. The first kappa shape index (κ1) is 34.1. The van der Waals surface area contributed by atoms with Crippen molar-refractivity contribution in [3.63, 3.8) is 0 Å². The quantitative estimate of drug-likeness (QED) is 0.0768. The number of nitrogens with one attached hydrogen (secondary N) is 2. The molecule has 0 unspecified atom stereocenters. The number of fused-ring (bicyclic) bond motifs is 1. The molecular formula is C31H29F4N5O8. The minimum absolute atomic E-state index is 0.0897. The van der Waals surface area contributed by atoms with Gasteiger partial charge in [-0.05, 0) is 42.5 Å². The molecule has 0 radical (unpaired) electrons. The van der Waals surface area contributed by atoms with Crippen LogP contribution in [-0.4, -0.2) is 83.0 Å². The van der Waals surface area contributed by atoms with Crippen molar-refractivity contribution in [3.8, 4) is 28.8 Å². The lowest BCUT2D eigenvalue weighted by molar-refractivity contribution is 0.0497. The predicted octanol–water partition coefficient (Wildman–Crippen LogP) is 5.35. The number of amides is 1. The summed E-state index contributed by atoms with van der Waals surface area (Å²) in [4.78, 5) is 36.7. The van der Waals surface area contributed by atoms with Gasteiger partial charge in [-0.3, -0.25) is 15.0 Å². The molecule has 2 aromatic carbocycles. The molecule has 0 aliphatic carbocycles. The monoisotopic (exact) mass is 675 g/mol. The summed E-state index contributed by atoms with van der Waals surface area (Å²) in [6.07, 6.45) is -1.77. The third-order valence-electron chi connectivity index (χ3n) is 7.19. The van der Waals surface area contributed by atoms with Gasteiger partial charge in [0, 0.05) is 42.7 Å². The fourth-order valence-corrected chi connectivity index (χ4v) is 4.89. The Kier molecular flexibility index (Phi) is 11.0. The minimum atomic E-state index is -2.87. The van der Waals surface area contributed by atoms with E-state index in [9.17, 15) is 37.5 Å². The topological polar surface area (TPSA) is 174 Å². The number of pyridine rings is 1. The molecule has 17 heteroatoms. The highest BCUT2D eigenvalue weighted by Crippen LogP contribution is 2.36. The number of halogens is 4. The number of anilines is 2. The maximum atomic E-state index is 13.0. The fourth-order valence-electron chi connectivity index (χ4n) is 4.89. The van der Waals surface area contributed by atoms with Crippen LogP contribution in [0.4, 0.5) is 28.9 Å². The van der Waals surface area contributed by atoms with Crippen molar-refractivity contribution in [1.29, 1.82) is 0 Å². The maximum absolute atomic E-state index is 13.0. The number of hydrogen-bond donors (Lipinski definition) is 4. The van der Waals surface area contributed by atoms with Crippen molar-refractivity contribution < 1.29 is 56.4 Å². The highest BCUT2D eigenvalue weighted by atomic mass is 19.3. The second kappa shape index (κ2) is 15.5. The first-order valence-electron chi connectivity index (χ1n) is 14.5. The summed E-state index contributed by atoms with van der Waals surface area (Å²) in [6.45, 7) is -0.502. The van der Waals surface area contributed by atoms with Gasteiger partial charge in [-0.25, -0.2) is 32.8 Å². The molecule has 5 rings (SSSR count). The number of hydrogen-bond acceptors (Lipinski definition) is 11. The summed E-state index contributed by atoms with van der Waals surface area (Å²) in [5, 5.41) is 22.6. The molecule has 0 spiro atoms. The van der Waals surface area contributed by atoms with Crippen molar-refractivity contribution in [1.82, 2.24) is 20.4 Å². The Morgan fingerprint density at radius 1 is 0.958 bits per heavy atom. The molecule has 0 saturated carbocycles. The van der Waals surface area contributed by atoms with Gasteiger partial charge >= 0.3 is 12.0 Å². The average Bonchev–Trinajstić information content (AvgIpc) is 3.08. The van der Waals surface area contributed by atoms with Crippen LogP contribution in [0.5, 0.6) is 17.6 Å². The molecule has 254 valence electrons. The highest BCUT2D eigenvalue weighted by Gasteiger charge is 2.21. The van der Waals surface area contributed by atoms with Gasteiger partial charge < -0.3 is 29.4 Å². The number of nitrogens with zero attached hydrogens (tertiary/aromatic N) is 3. The van der Waals surface area contributed by atoms with Crippen LogP contribution >= 0.6 is 0 Å². The van der Waals surface area contributed by atoms with E-state index in [1.807, 2.05) is 0 Å². The van der Waals surface area contributed by atoms with Crippen LogP contribution < -0.4 is 25.0 Å². The molecule has 3 heterocycles. The van der Waals surface area contributed by atoms with Crippen molar-refractivity contribution in [2.75, 3.05) is 38.4 Å². The molecule has 1 amide bonds. The largest absolute Gasteiger partial charge is 0.493 e. The van der Waals surface area contributed by atoms with E-state index >= 15 is 0 Å². The van der Waals surface area contributed by atoms with Crippen molar-refractivity contribution in [3.05, 3.63) is 59.9 Å². The fraction of sp³-hybridized carbons (Fsp3) is 0.323. The molecule has 4 aromatic rings. The Balaban J connectivity index is 1.52. The summed E-state index contributed by atoms with van der Waals surface area (Å²) in [5.74, 6) is -1.99. The molecule has 1 saturated heterocycles. The van der Waals surface area contributed by atoms with Gasteiger partial charge in [0.1, 0.15) is 5.75 Å². The first-order chi connectivity index (χ1) is 23.1. The Hall–Kier alpha value is -5.29. The van der Waals surface area contributed by atoms with Crippen LogP contribution in [0.25, 0.3) is 22.0 Å². The van der Waals surface area contributed by atoms with Crippen molar-refractivity contribution in [2.24, 2.45) is 5.92 Å². The van der Waals surface area contributed by atoms with E-state index in [1.165, 1.54) is 30.3 Å². The summed E-state index contributed by atoms with van der Waals surface area (Å²) in [6, 6.07) is 8.32. The van der Waals surface area contributed by atoms with E-state index in [0.29, 0.717) is 30.8 Å². The van der Waals surface area contributed by atoms with E-state index in [-0.39, 0.29) is 51.1 Å². The van der Waals surface area contributed by atoms with Gasteiger partial charge in [-0.15, -0.1) is 0 Å². The van der Waals surface area contributed by atoms with Crippen molar-refractivity contribution >= 4 is 34.2 Å². The Morgan fingerprint density at radius 3 is 2.42 bits per heavy atom. The second-order valence-corrected chi connectivity index (χ2v) is 10.5. The molecule has 2 aromatic heterocycles. The Labute approximate surface area is 269 Å². The summed E-state index contributed by atoms with van der Waals surface area (Å²) >= 11 is 0. The molecule has 1 fully saturated rings. The van der Waals surface area contributed by atoms with Gasteiger partial charge in [-0.1, -0.05) is 12.1 Å². The third-order valence-corrected chi connectivity index (χ3v) is 7.19. The third kappa shape index (κ3) is 8.54. The molecule has 13 nitrogen and oxygen atoms in total. The number of aromatic carboxylic acids is 1. The van der Waals surface area contributed by atoms with E-state index in [4.69, 9.17) is 18.9 Å². The Morgan fingerprint density at radius 2 is 1.71 bits per heavy atom. The zero-order chi connectivity index (χ0) is 34.2. The van der Waals surface area contributed by atoms with Gasteiger partial charge in [0.2, 0.25) is 5.88 Å². The van der Waals surface area contributed by atoms with E-state index in [1.54, 1.807) is 11.5 Å². The summed E-state index contributed by atoms with van der Waals surface area (Å²) in [5.41, 5.74) is 2.43. The SMILES string of the molecule is O=C(O)c1cc(Nc2c(C(=O)NO)cnc3cc(-c4cnc(OCC(F)F)nc4OCC(F)F)ccc23)cc(OCC2CCOCC2)c1. The number of benzene rings is 2. The van der Waals surface area contributed by atoms with Crippen LogP contribution in [-0.2, 0) is 4.74 Å². The molecule has 1 aliphatic heterocycles. The van der Waals surface area contributed by atoms with Crippen LogP contribution in [0.1, 0.15) is 33.6 Å². The van der Waals surface area contributed by atoms with Crippen LogP contribution in [0.3, 0.4) is 0 Å². The van der Waals surface area contributed by atoms with Crippen molar-refractivity contribution in [2.45, 2.75) is 25.7 Å². The molecular weight excluding hydrogens is 646 g/mol. The zero-order valence-electron chi connectivity index (χ0n) is 25.0. The van der Waals surface area contributed by atoms with Gasteiger partial charge in [-0.2, -0.15) is 4.98 Å². The standard InChI is InChI=1S/C31H29F4N5O8/c32-25(33)14-47-29-22(11-37-31(39-29)48-15-26(34)35)17-1-2-21-24(9-17)36-12-23(28(41)40-44)27(21)38-19-7-18(30(42)43)8-20(10-19)46-13-16-3-5-45-6-4-16/h1-2,7-12,16,25-26,44H,3-6,13-15H2,(H,36,38)(H,40,41)(H,42,43). The zero-order valence-corrected chi connectivity index (χ0v) is 25.0. The van der Waals surface area contributed by atoms with E-state index in [0.717, 1.165) is 25.2 Å². The van der Waals surface area contributed by atoms with Gasteiger partial charge in [0.05, 0.1) is 34.5 Å². The highest BCUT2D eigenvalue weighted by molar-refractivity contribution is 6.08. The normalized spacial score (nSPS) is 13.5. The number of carbonyl (C=O) groups is 2. The molecule has 48 heavy (non-hydrogen) atoms. The van der Waals surface area contributed by atoms with Crippen LogP contribution in [0.2, 0.25) is 0 Å². The number of rotatable bonds is 14. The number of carboxylic acid groups (broad SMARTS) is 1. The lowest BCUT2D eigenvalue weighted by Crippen LogP contribution is -2.21. The number of alkyl halides is 4. The van der Waals surface area contributed by atoms with Crippen LogP contribution in [0.15, 0.2) is 48.8 Å². The number of hydroxylamine groups is 1. The molecule has 4 N–H and O–H groups in total. The number of ether oxygens (including phenoxy) is 4. The van der Waals surface area contributed by atoms with E-state index < -0.39 is 44.0 Å². The molecule has 0 bridgehead atoms. The summed E-state index contributed by atoms with van der Waals surface area (Å²) < 4.78 is 72.5. The summed E-state index contributed by atoms with van der Waals surface area (Å²) in [7, 11) is 0. The first-order valence-corrected chi connectivity index (χ1v) is 14.5. The predicted molar refractivity (Wildman–Crippen MR) is 161 cm³/mol. The van der Waals surface area contributed by atoms with Gasteiger partial charge in [0.15, 0.2) is 13.2 Å². The maximum Gasteiger partial charge on any atom is 0.335 e. The second-order valence-electron chi connectivity index (χ2n) is 10.5. The van der Waals surface area contributed by atoms with Gasteiger partial charge in [0.25, 0.3) is 18.8 Å².